The predicted octanol–water partition coefficient (Wildman–Crippen LogP) is 2.88. The lowest BCUT2D eigenvalue weighted by molar-refractivity contribution is 0.936. The third-order valence-electron chi connectivity index (χ3n) is 3.58. The van der Waals surface area contributed by atoms with Crippen LogP contribution in [0.3, 0.4) is 0 Å². The normalized spacial score (nSPS) is 14.5. The zero-order valence-electron chi connectivity index (χ0n) is 11.5. The van der Waals surface area contributed by atoms with E-state index in [4.69, 9.17) is 5.73 Å². The Morgan fingerprint density at radius 1 is 1.10 bits per heavy atom. The number of nitrogens with one attached hydrogen (secondary N) is 1. The van der Waals surface area contributed by atoms with Crippen LogP contribution in [0, 0.1) is 0 Å². The predicted molar refractivity (Wildman–Crippen MR) is 83.9 cm³/mol. The van der Waals surface area contributed by atoms with Gasteiger partial charge in [0.1, 0.15) is 11.6 Å². The Kier molecular flexibility index (Phi) is 3.72. The highest BCUT2D eigenvalue weighted by molar-refractivity contribution is 5.59. The van der Waals surface area contributed by atoms with E-state index in [9.17, 15) is 0 Å². The molecule has 20 heavy (non-hydrogen) atoms. The molecule has 3 N–H and O–H groups in total. The molecule has 1 aliphatic rings. The van der Waals surface area contributed by atoms with E-state index in [1.807, 2.05) is 30.3 Å². The monoisotopic (exact) mass is 268 g/mol. The summed E-state index contributed by atoms with van der Waals surface area (Å²) in [6.07, 6.45) is 2.48. The topological polar surface area (TPSA) is 54.2 Å². The summed E-state index contributed by atoms with van der Waals surface area (Å²) < 4.78 is 0. The van der Waals surface area contributed by atoms with E-state index in [1.54, 1.807) is 0 Å². The Morgan fingerprint density at radius 3 is 2.60 bits per heavy atom. The van der Waals surface area contributed by atoms with Crippen molar-refractivity contribution in [3.8, 4) is 0 Å². The molecule has 1 aromatic heterocycles. The molecular formula is C16H20N4. The summed E-state index contributed by atoms with van der Waals surface area (Å²) in [5.41, 5.74) is 7.99. The number of nitrogen functional groups attached to an aromatic ring is 1. The summed E-state index contributed by atoms with van der Waals surface area (Å²) >= 11 is 0. The van der Waals surface area contributed by atoms with Gasteiger partial charge < -0.3 is 16.0 Å². The number of nitrogens with zero attached hydrogens (tertiary/aromatic N) is 2. The summed E-state index contributed by atoms with van der Waals surface area (Å²) in [6.45, 7) is 2.92. The molecule has 2 heterocycles. The second kappa shape index (κ2) is 5.82. The molecule has 2 aromatic rings. The van der Waals surface area contributed by atoms with Crippen LogP contribution in [0.25, 0.3) is 0 Å². The van der Waals surface area contributed by atoms with Crippen molar-refractivity contribution >= 4 is 17.3 Å². The van der Waals surface area contributed by atoms with Crippen molar-refractivity contribution in [2.75, 3.05) is 29.0 Å². The minimum Gasteiger partial charge on any atom is -0.399 e. The first-order valence-electron chi connectivity index (χ1n) is 7.11. The van der Waals surface area contributed by atoms with Crippen molar-refractivity contribution in [1.29, 1.82) is 0 Å². The first-order chi connectivity index (χ1) is 9.81. The van der Waals surface area contributed by atoms with Crippen LogP contribution in [0.1, 0.15) is 18.4 Å². The molecule has 0 spiro atoms. The van der Waals surface area contributed by atoms with Gasteiger partial charge in [-0.1, -0.05) is 30.3 Å². The molecule has 0 saturated carbocycles. The van der Waals surface area contributed by atoms with E-state index in [-0.39, 0.29) is 0 Å². The van der Waals surface area contributed by atoms with Gasteiger partial charge in [0.15, 0.2) is 0 Å². The Hall–Kier alpha value is -2.23. The molecule has 3 rings (SSSR count). The van der Waals surface area contributed by atoms with Crippen molar-refractivity contribution in [3.63, 3.8) is 0 Å². The quantitative estimate of drug-likeness (QED) is 0.895. The van der Waals surface area contributed by atoms with E-state index < -0.39 is 0 Å². The van der Waals surface area contributed by atoms with E-state index in [0.29, 0.717) is 0 Å². The fourth-order valence-electron chi connectivity index (χ4n) is 2.52. The molecule has 4 heteroatoms. The molecule has 0 amide bonds. The minimum atomic E-state index is 0.761. The number of anilines is 3. The van der Waals surface area contributed by atoms with Crippen LogP contribution in [0.2, 0.25) is 0 Å². The first kappa shape index (κ1) is 12.8. The van der Waals surface area contributed by atoms with Gasteiger partial charge in [0.25, 0.3) is 0 Å². The Labute approximate surface area is 119 Å². The maximum atomic E-state index is 5.99. The van der Waals surface area contributed by atoms with Gasteiger partial charge >= 0.3 is 0 Å². The van der Waals surface area contributed by atoms with Gasteiger partial charge in [-0.2, -0.15) is 0 Å². The number of benzene rings is 1. The second-order valence-corrected chi connectivity index (χ2v) is 5.18. The third-order valence-corrected chi connectivity index (χ3v) is 3.58. The van der Waals surface area contributed by atoms with Crippen LogP contribution >= 0.6 is 0 Å². The molecule has 104 valence electrons. The van der Waals surface area contributed by atoms with Gasteiger partial charge in [-0.15, -0.1) is 0 Å². The van der Waals surface area contributed by atoms with Crippen LogP contribution in [-0.4, -0.2) is 18.1 Å². The van der Waals surface area contributed by atoms with E-state index in [2.05, 4.69) is 27.3 Å². The molecule has 1 aliphatic heterocycles. The van der Waals surface area contributed by atoms with Gasteiger partial charge in [-0.3, -0.25) is 0 Å². The van der Waals surface area contributed by atoms with Crippen LogP contribution < -0.4 is 16.0 Å². The fraction of sp³-hybridized carbons (Fsp3) is 0.312. The van der Waals surface area contributed by atoms with Gasteiger partial charge in [-0.05, 0) is 18.4 Å². The van der Waals surface area contributed by atoms with Crippen LogP contribution in [0.4, 0.5) is 17.3 Å². The molecule has 4 nitrogen and oxygen atoms in total. The van der Waals surface area contributed by atoms with Crippen molar-refractivity contribution in [1.82, 2.24) is 4.98 Å². The summed E-state index contributed by atoms with van der Waals surface area (Å²) in [5.74, 6) is 1.83. The standard InChI is InChI=1S/C16H20N4/c17-14-10-15(18-12-13-6-2-1-3-7-13)19-16(11-14)20-8-4-5-9-20/h1-3,6-7,10-11H,4-5,8-9,12H2,(H3,17,18,19). The number of pyridine rings is 1. The highest BCUT2D eigenvalue weighted by Crippen LogP contribution is 2.23. The molecule has 0 aliphatic carbocycles. The lowest BCUT2D eigenvalue weighted by Gasteiger charge is -2.18. The Bertz CT molecular complexity index is 562. The molecule has 0 unspecified atom stereocenters. The van der Waals surface area contributed by atoms with Crippen molar-refractivity contribution < 1.29 is 0 Å². The lowest BCUT2D eigenvalue weighted by atomic mass is 10.2. The maximum absolute atomic E-state index is 5.99. The summed E-state index contributed by atoms with van der Waals surface area (Å²) in [5, 5.41) is 3.35. The van der Waals surface area contributed by atoms with Crippen molar-refractivity contribution in [2.24, 2.45) is 0 Å². The largest absolute Gasteiger partial charge is 0.399 e. The van der Waals surface area contributed by atoms with Crippen molar-refractivity contribution in [2.45, 2.75) is 19.4 Å². The molecule has 0 radical (unpaired) electrons. The minimum absolute atomic E-state index is 0.761. The average molecular weight is 268 g/mol. The van der Waals surface area contributed by atoms with Crippen molar-refractivity contribution in [3.05, 3.63) is 48.0 Å². The first-order valence-corrected chi connectivity index (χ1v) is 7.11. The maximum Gasteiger partial charge on any atom is 0.133 e. The average Bonchev–Trinajstić information content (AvgIpc) is 3.00. The van der Waals surface area contributed by atoms with Crippen LogP contribution in [0.15, 0.2) is 42.5 Å². The zero-order valence-corrected chi connectivity index (χ0v) is 11.5. The number of nitrogens with two attached hydrogens (primary N) is 1. The molecule has 1 saturated heterocycles. The van der Waals surface area contributed by atoms with Gasteiger partial charge in [0, 0.05) is 37.5 Å². The van der Waals surface area contributed by atoms with Gasteiger partial charge in [0.2, 0.25) is 0 Å². The Balaban J connectivity index is 1.72. The summed E-state index contributed by atoms with van der Waals surface area (Å²) in [7, 11) is 0. The highest BCUT2D eigenvalue weighted by Gasteiger charge is 2.14. The molecule has 0 bridgehead atoms. The summed E-state index contributed by atoms with van der Waals surface area (Å²) in [4.78, 5) is 6.96. The number of aromatic nitrogens is 1. The smallest absolute Gasteiger partial charge is 0.133 e. The number of hydrogen-bond donors (Lipinski definition) is 2. The van der Waals surface area contributed by atoms with E-state index >= 15 is 0 Å². The third kappa shape index (κ3) is 3.02. The summed E-state index contributed by atoms with van der Waals surface area (Å²) in [6, 6.07) is 14.1. The van der Waals surface area contributed by atoms with Crippen LogP contribution in [0.5, 0.6) is 0 Å². The highest BCUT2D eigenvalue weighted by atomic mass is 15.2. The van der Waals surface area contributed by atoms with Gasteiger partial charge in [0.05, 0.1) is 0 Å². The van der Waals surface area contributed by atoms with Crippen LogP contribution in [-0.2, 0) is 6.54 Å². The number of hydrogen-bond acceptors (Lipinski definition) is 4. The Morgan fingerprint density at radius 2 is 1.85 bits per heavy atom. The molecular weight excluding hydrogens is 248 g/mol. The van der Waals surface area contributed by atoms with E-state index in [1.165, 1.54) is 18.4 Å². The molecule has 0 atom stereocenters. The number of rotatable bonds is 4. The van der Waals surface area contributed by atoms with Gasteiger partial charge in [-0.25, -0.2) is 4.98 Å². The molecule has 1 fully saturated rings. The second-order valence-electron chi connectivity index (χ2n) is 5.18. The molecule has 1 aromatic carbocycles. The SMILES string of the molecule is Nc1cc(NCc2ccccc2)nc(N2CCCC2)c1. The fourth-order valence-corrected chi connectivity index (χ4v) is 2.52. The van der Waals surface area contributed by atoms with E-state index in [0.717, 1.165) is 37.0 Å². The lowest BCUT2D eigenvalue weighted by Crippen LogP contribution is -2.19. The zero-order chi connectivity index (χ0) is 13.8.